The zero-order valence-electron chi connectivity index (χ0n) is 18.6. The van der Waals surface area contributed by atoms with E-state index in [0.29, 0.717) is 16.7 Å². The van der Waals surface area contributed by atoms with Gasteiger partial charge in [0.25, 0.3) is 0 Å². The third-order valence-corrected chi connectivity index (χ3v) is 4.77. The number of carbonyl (C=O) groups excluding carboxylic acids is 1. The number of carboxylic acid groups (broad SMARTS) is 1. The van der Waals surface area contributed by atoms with Crippen LogP contribution in [0.25, 0.3) is 11.0 Å². The van der Waals surface area contributed by atoms with E-state index in [4.69, 9.17) is 14.2 Å². The molecule has 0 aliphatic carbocycles. The van der Waals surface area contributed by atoms with E-state index in [9.17, 15) is 14.7 Å². The van der Waals surface area contributed by atoms with Crippen molar-refractivity contribution < 1.29 is 28.9 Å². The number of aryl methyl sites for hydroxylation is 1. The van der Waals surface area contributed by atoms with Crippen molar-refractivity contribution in [3.8, 4) is 0 Å². The highest BCUT2D eigenvalue weighted by Crippen LogP contribution is 2.28. The average Bonchev–Trinajstić information content (AvgIpc) is 3.13. The highest BCUT2D eigenvalue weighted by atomic mass is 16.6. The van der Waals surface area contributed by atoms with Gasteiger partial charge in [-0.05, 0) is 52.3 Å². The van der Waals surface area contributed by atoms with Crippen LogP contribution in [-0.2, 0) is 27.9 Å². The summed E-state index contributed by atoms with van der Waals surface area (Å²) in [7, 11) is 1.75. The number of hydrogen-bond donors (Lipinski definition) is 2. The standard InChI is InChI=1S/C20H29N5O6/c1-19(2,3)31-17(26)21-14-7-12(8-15-16(14)22-23-24(15)6)9-29-10-13-11-30-20(4,5)25(13)18(27)28/h7-8,13H,9-11H2,1-6H3,(H,21,26)(H,27,28). The first-order chi connectivity index (χ1) is 14.4. The molecule has 1 aliphatic heterocycles. The number of hydrogen-bond acceptors (Lipinski definition) is 7. The Morgan fingerprint density at radius 1 is 1.35 bits per heavy atom. The molecule has 2 aromatic rings. The molecule has 0 saturated carbocycles. The van der Waals surface area contributed by atoms with E-state index in [1.54, 1.807) is 52.4 Å². The van der Waals surface area contributed by atoms with Crippen molar-refractivity contribution in [1.82, 2.24) is 19.9 Å². The molecule has 31 heavy (non-hydrogen) atoms. The van der Waals surface area contributed by atoms with Crippen LogP contribution in [0, 0.1) is 0 Å². The summed E-state index contributed by atoms with van der Waals surface area (Å²) in [5.74, 6) is 0. The quantitative estimate of drug-likeness (QED) is 0.734. The molecule has 2 amide bonds. The number of fused-ring (bicyclic) bond motifs is 1. The molecule has 2 heterocycles. The summed E-state index contributed by atoms with van der Waals surface area (Å²) in [6, 6.07) is 3.19. The van der Waals surface area contributed by atoms with Crippen molar-refractivity contribution in [3.05, 3.63) is 17.7 Å². The van der Waals surface area contributed by atoms with Crippen LogP contribution in [0.5, 0.6) is 0 Å². The number of nitrogens with one attached hydrogen (secondary N) is 1. The summed E-state index contributed by atoms with van der Waals surface area (Å²) < 4.78 is 18.3. The van der Waals surface area contributed by atoms with E-state index in [2.05, 4.69) is 15.6 Å². The molecule has 1 aliphatic rings. The molecule has 0 bridgehead atoms. The second-order valence-corrected chi connectivity index (χ2v) is 8.93. The Balaban J connectivity index is 1.73. The van der Waals surface area contributed by atoms with Crippen LogP contribution < -0.4 is 5.32 Å². The number of benzene rings is 1. The van der Waals surface area contributed by atoms with E-state index in [-0.39, 0.29) is 19.8 Å². The Morgan fingerprint density at radius 2 is 2.06 bits per heavy atom. The molecular weight excluding hydrogens is 406 g/mol. The normalized spacial score (nSPS) is 18.4. The minimum Gasteiger partial charge on any atom is -0.465 e. The number of anilines is 1. The Kier molecular flexibility index (Phi) is 6.10. The number of ether oxygens (including phenoxy) is 3. The lowest BCUT2D eigenvalue weighted by atomic mass is 10.1. The molecule has 1 aromatic carbocycles. The molecule has 1 aromatic heterocycles. The van der Waals surface area contributed by atoms with Gasteiger partial charge in [-0.1, -0.05) is 5.21 Å². The number of carbonyl (C=O) groups is 2. The van der Waals surface area contributed by atoms with Crippen LogP contribution >= 0.6 is 0 Å². The molecule has 3 rings (SSSR count). The van der Waals surface area contributed by atoms with Crippen molar-refractivity contribution >= 4 is 28.9 Å². The molecule has 11 heteroatoms. The molecule has 170 valence electrons. The summed E-state index contributed by atoms with van der Waals surface area (Å²) in [4.78, 5) is 25.1. The summed E-state index contributed by atoms with van der Waals surface area (Å²) in [6.07, 6.45) is -1.65. The molecule has 2 N–H and O–H groups in total. The maximum Gasteiger partial charge on any atom is 0.412 e. The fraction of sp³-hybridized carbons (Fsp3) is 0.600. The number of aromatic nitrogens is 3. The van der Waals surface area contributed by atoms with Gasteiger partial charge in [0.05, 0.1) is 37.1 Å². The van der Waals surface area contributed by atoms with Crippen LogP contribution in [0.2, 0.25) is 0 Å². The molecule has 1 unspecified atom stereocenters. The zero-order chi connectivity index (χ0) is 23.0. The first kappa shape index (κ1) is 22.8. The Morgan fingerprint density at radius 3 is 2.71 bits per heavy atom. The van der Waals surface area contributed by atoms with Gasteiger partial charge in [-0.2, -0.15) is 0 Å². The van der Waals surface area contributed by atoms with Crippen LogP contribution in [0.1, 0.15) is 40.2 Å². The van der Waals surface area contributed by atoms with Gasteiger partial charge in [0.15, 0.2) is 0 Å². The van der Waals surface area contributed by atoms with Gasteiger partial charge in [-0.25, -0.2) is 14.3 Å². The second kappa shape index (κ2) is 8.31. The van der Waals surface area contributed by atoms with Gasteiger partial charge >= 0.3 is 12.2 Å². The van der Waals surface area contributed by atoms with Gasteiger partial charge in [-0.15, -0.1) is 5.10 Å². The maximum absolute atomic E-state index is 12.2. The lowest BCUT2D eigenvalue weighted by Gasteiger charge is -2.30. The topological polar surface area (TPSA) is 128 Å². The van der Waals surface area contributed by atoms with Crippen LogP contribution in [0.3, 0.4) is 0 Å². The molecule has 1 atom stereocenters. The molecule has 1 fully saturated rings. The average molecular weight is 435 g/mol. The van der Waals surface area contributed by atoms with Crippen molar-refractivity contribution in [2.45, 2.75) is 58.6 Å². The predicted octanol–water partition coefficient (Wildman–Crippen LogP) is 2.95. The minimum absolute atomic E-state index is 0.173. The first-order valence-electron chi connectivity index (χ1n) is 9.93. The molecule has 11 nitrogen and oxygen atoms in total. The van der Waals surface area contributed by atoms with Crippen molar-refractivity contribution in [1.29, 1.82) is 0 Å². The van der Waals surface area contributed by atoms with Gasteiger partial charge in [-0.3, -0.25) is 10.2 Å². The number of amides is 2. The SMILES string of the molecule is Cn1nnc2c(NC(=O)OC(C)(C)C)cc(COCC3COC(C)(C)N3C(=O)O)cc21. The molecule has 0 radical (unpaired) electrons. The third-order valence-electron chi connectivity index (χ3n) is 4.77. The number of rotatable bonds is 5. The van der Waals surface area contributed by atoms with Crippen LogP contribution in [0.4, 0.5) is 15.3 Å². The fourth-order valence-corrected chi connectivity index (χ4v) is 3.49. The minimum atomic E-state index is -1.05. The lowest BCUT2D eigenvalue weighted by molar-refractivity contribution is -0.0449. The highest BCUT2D eigenvalue weighted by molar-refractivity contribution is 5.97. The van der Waals surface area contributed by atoms with Gasteiger partial charge in [0.2, 0.25) is 0 Å². The Bertz CT molecular complexity index is 980. The molecule has 1 saturated heterocycles. The third kappa shape index (κ3) is 5.23. The first-order valence-corrected chi connectivity index (χ1v) is 9.93. The van der Waals surface area contributed by atoms with Crippen molar-refractivity contribution in [3.63, 3.8) is 0 Å². The second-order valence-electron chi connectivity index (χ2n) is 8.93. The van der Waals surface area contributed by atoms with Crippen molar-refractivity contribution in [2.24, 2.45) is 7.05 Å². The highest BCUT2D eigenvalue weighted by Gasteiger charge is 2.44. The summed E-state index contributed by atoms with van der Waals surface area (Å²) in [5.41, 5.74) is 0.924. The van der Waals surface area contributed by atoms with Crippen LogP contribution in [0.15, 0.2) is 12.1 Å². The smallest absolute Gasteiger partial charge is 0.412 e. The van der Waals surface area contributed by atoms with Gasteiger partial charge < -0.3 is 19.3 Å². The van der Waals surface area contributed by atoms with Crippen LogP contribution in [-0.4, -0.2) is 67.8 Å². The molecule has 0 spiro atoms. The summed E-state index contributed by atoms with van der Waals surface area (Å²) in [6.45, 7) is 9.39. The van der Waals surface area contributed by atoms with E-state index in [0.717, 1.165) is 5.56 Å². The fourth-order valence-electron chi connectivity index (χ4n) is 3.49. The summed E-state index contributed by atoms with van der Waals surface area (Å²) in [5, 5.41) is 20.3. The van der Waals surface area contributed by atoms with E-state index in [1.165, 1.54) is 4.90 Å². The maximum atomic E-state index is 12.2. The van der Waals surface area contributed by atoms with Crippen molar-refractivity contribution in [2.75, 3.05) is 18.5 Å². The Hall–Kier alpha value is -2.92. The predicted molar refractivity (Wildman–Crippen MR) is 112 cm³/mol. The van der Waals surface area contributed by atoms with Gasteiger partial charge in [0, 0.05) is 7.05 Å². The van der Waals surface area contributed by atoms with Gasteiger partial charge in [0.1, 0.15) is 16.8 Å². The lowest BCUT2D eigenvalue weighted by Crippen LogP contribution is -2.48. The number of nitrogens with zero attached hydrogens (tertiary/aromatic N) is 4. The molecular formula is C20H29N5O6. The monoisotopic (exact) mass is 435 g/mol. The Labute approximate surface area is 180 Å². The summed E-state index contributed by atoms with van der Waals surface area (Å²) >= 11 is 0. The van der Waals surface area contributed by atoms with E-state index >= 15 is 0 Å². The largest absolute Gasteiger partial charge is 0.465 e. The van der Waals surface area contributed by atoms with E-state index in [1.807, 2.05) is 6.07 Å². The zero-order valence-corrected chi connectivity index (χ0v) is 18.6. The van der Waals surface area contributed by atoms with E-state index < -0.39 is 29.6 Å².